The highest BCUT2D eigenvalue weighted by Crippen LogP contribution is 2.30. The maximum Gasteiger partial charge on any atom is 0.416 e. The van der Waals surface area contributed by atoms with Gasteiger partial charge in [0.15, 0.2) is 0 Å². The van der Waals surface area contributed by atoms with Gasteiger partial charge in [-0.15, -0.1) is 0 Å². The summed E-state index contributed by atoms with van der Waals surface area (Å²) >= 11 is 0. The van der Waals surface area contributed by atoms with Gasteiger partial charge >= 0.3 is 6.18 Å². The van der Waals surface area contributed by atoms with Crippen LogP contribution in [-0.4, -0.2) is 37.5 Å². The summed E-state index contributed by atoms with van der Waals surface area (Å²) < 4.78 is 63.2. The molecule has 0 unspecified atom stereocenters. The number of amides is 1. The molecule has 25 heavy (non-hydrogen) atoms. The first-order valence-electron chi connectivity index (χ1n) is 8.01. The number of halogens is 3. The molecular formula is C16H21F3N2O3S. The Morgan fingerprint density at radius 2 is 1.92 bits per heavy atom. The topological polar surface area (TPSA) is 66.5 Å². The number of hydrogen-bond acceptors (Lipinski definition) is 3. The smallest absolute Gasteiger partial charge is 0.326 e. The van der Waals surface area contributed by atoms with E-state index in [-0.39, 0.29) is 24.7 Å². The summed E-state index contributed by atoms with van der Waals surface area (Å²) in [6, 6.07) is 4.24. The lowest BCUT2D eigenvalue weighted by Crippen LogP contribution is -2.39. The number of nitrogens with one attached hydrogen (secondary N) is 1. The van der Waals surface area contributed by atoms with Crippen LogP contribution in [0.2, 0.25) is 0 Å². The molecule has 0 spiro atoms. The van der Waals surface area contributed by atoms with Crippen molar-refractivity contribution in [2.45, 2.75) is 44.3 Å². The second-order valence-corrected chi connectivity index (χ2v) is 8.12. The van der Waals surface area contributed by atoms with E-state index in [0.717, 1.165) is 44.1 Å². The summed E-state index contributed by atoms with van der Waals surface area (Å²) in [5.41, 5.74) is -0.819. The predicted octanol–water partition coefficient (Wildman–Crippen LogP) is 3.24. The SMILES string of the molecule is CS(=O)(=O)N(CCC(=O)Nc1cccc(C(F)(F)F)c1)C1CCCC1. The number of hydrogen-bond donors (Lipinski definition) is 1. The Morgan fingerprint density at radius 1 is 1.28 bits per heavy atom. The standard InChI is InChI=1S/C16H21F3N2O3S/c1-25(23,24)21(14-7-2-3-8-14)10-9-15(22)20-13-6-4-5-12(11-13)16(17,18)19/h4-6,11,14H,2-3,7-10H2,1H3,(H,20,22). The van der Waals surface area contributed by atoms with Crippen LogP contribution in [0, 0.1) is 0 Å². The fraction of sp³-hybridized carbons (Fsp3) is 0.562. The van der Waals surface area contributed by atoms with Crippen molar-refractivity contribution in [1.29, 1.82) is 0 Å². The van der Waals surface area contributed by atoms with Crippen LogP contribution in [-0.2, 0) is 21.0 Å². The zero-order valence-electron chi connectivity index (χ0n) is 13.8. The normalized spacial score (nSPS) is 16.4. The van der Waals surface area contributed by atoms with Gasteiger partial charge in [-0.3, -0.25) is 4.79 Å². The number of benzene rings is 1. The van der Waals surface area contributed by atoms with Crippen LogP contribution in [0.25, 0.3) is 0 Å². The molecule has 0 radical (unpaired) electrons. The van der Waals surface area contributed by atoms with Gasteiger partial charge < -0.3 is 5.32 Å². The molecule has 1 fully saturated rings. The summed E-state index contributed by atoms with van der Waals surface area (Å²) in [6.07, 6.45) is -0.0585. The van der Waals surface area contributed by atoms with Gasteiger partial charge in [-0.2, -0.15) is 17.5 Å². The Hall–Kier alpha value is -1.61. The van der Waals surface area contributed by atoms with Gasteiger partial charge in [0.05, 0.1) is 11.8 Å². The Kier molecular flexibility index (Phi) is 6.10. The summed E-state index contributed by atoms with van der Waals surface area (Å²) in [6.45, 7) is 0.0221. The second-order valence-electron chi connectivity index (χ2n) is 6.19. The van der Waals surface area contributed by atoms with E-state index in [2.05, 4.69) is 5.32 Å². The Labute approximate surface area is 145 Å². The van der Waals surface area contributed by atoms with Crippen LogP contribution in [0.1, 0.15) is 37.7 Å². The average molecular weight is 378 g/mol. The van der Waals surface area contributed by atoms with Gasteiger partial charge in [-0.05, 0) is 31.0 Å². The van der Waals surface area contributed by atoms with E-state index in [1.54, 1.807) is 0 Å². The first kappa shape index (κ1) is 19.7. The summed E-state index contributed by atoms with van der Waals surface area (Å²) in [5.74, 6) is -0.522. The minimum absolute atomic E-state index is 0.0221. The van der Waals surface area contributed by atoms with Crippen LogP contribution < -0.4 is 5.32 Å². The number of nitrogens with zero attached hydrogens (tertiary/aromatic N) is 1. The van der Waals surface area contributed by atoms with Crippen molar-refractivity contribution < 1.29 is 26.4 Å². The van der Waals surface area contributed by atoms with Gasteiger partial charge in [-0.1, -0.05) is 18.9 Å². The largest absolute Gasteiger partial charge is 0.416 e. The first-order valence-corrected chi connectivity index (χ1v) is 9.86. The first-order chi connectivity index (χ1) is 11.6. The third-order valence-corrected chi connectivity index (χ3v) is 5.52. The van der Waals surface area contributed by atoms with E-state index in [1.165, 1.54) is 16.4 Å². The third kappa shape index (κ3) is 5.71. The van der Waals surface area contributed by atoms with E-state index in [4.69, 9.17) is 0 Å². The molecular weight excluding hydrogens is 357 g/mol. The van der Waals surface area contributed by atoms with Crippen LogP contribution in [0.5, 0.6) is 0 Å². The molecule has 0 saturated heterocycles. The maximum absolute atomic E-state index is 12.7. The molecule has 1 aromatic rings. The zero-order chi connectivity index (χ0) is 18.7. The second kappa shape index (κ2) is 7.74. The van der Waals surface area contributed by atoms with E-state index in [9.17, 15) is 26.4 Å². The number of anilines is 1. The number of carbonyl (C=O) groups is 1. The van der Waals surface area contributed by atoms with E-state index in [0.29, 0.717) is 0 Å². The molecule has 140 valence electrons. The summed E-state index contributed by atoms with van der Waals surface area (Å²) in [5, 5.41) is 2.39. The third-order valence-electron chi connectivity index (χ3n) is 4.19. The molecule has 0 aromatic heterocycles. The molecule has 2 rings (SSSR count). The molecule has 0 heterocycles. The van der Waals surface area contributed by atoms with Crippen LogP contribution in [0.3, 0.4) is 0 Å². The number of alkyl halides is 3. The summed E-state index contributed by atoms with van der Waals surface area (Å²) in [4.78, 5) is 12.0. The quantitative estimate of drug-likeness (QED) is 0.826. The zero-order valence-corrected chi connectivity index (χ0v) is 14.7. The van der Waals surface area contributed by atoms with Crippen LogP contribution in [0.4, 0.5) is 18.9 Å². The number of rotatable bonds is 6. The lowest BCUT2D eigenvalue weighted by atomic mass is 10.2. The number of sulfonamides is 1. The van der Waals surface area contributed by atoms with Crippen molar-refractivity contribution in [3.8, 4) is 0 Å². The Morgan fingerprint density at radius 3 is 2.48 bits per heavy atom. The van der Waals surface area contributed by atoms with E-state index >= 15 is 0 Å². The van der Waals surface area contributed by atoms with Crippen LogP contribution >= 0.6 is 0 Å². The Balaban J connectivity index is 1.97. The van der Waals surface area contributed by atoms with Crippen LogP contribution in [0.15, 0.2) is 24.3 Å². The monoisotopic (exact) mass is 378 g/mol. The van der Waals surface area contributed by atoms with Gasteiger partial charge in [0.1, 0.15) is 0 Å². The molecule has 1 aromatic carbocycles. The molecule has 0 atom stereocenters. The Bertz CT molecular complexity index is 714. The van der Waals surface area contributed by atoms with Crippen molar-refractivity contribution >= 4 is 21.6 Å². The van der Waals surface area contributed by atoms with Crippen molar-refractivity contribution in [3.05, 3.63) is 29.8 Å². The van der Waals surface area contributed by atoms with Gasteiger partial charge in [-0.25, -0.2) is 8.42 Å². The summed E-state index contributed by atoms with van der Waals surface area (Å²) in [7, 11) is -3.44. The highest BCUT2D eigenvalue weighted by molar-refractivity contribution is 7.88. The lowest BCUT2D eigenvalue weighted by molar-refractivity contribution is -0.137. The highest BCUT2D eigenvalue weighted by Gasteiger charge is 2.31. The van der Waals surface area contributed by atoms with Crippen molar-refractivity contribution in [3.63, 3.8) is 0 Å². The van der Waals surface area contributed by atoms with Gasteiger partial charge in [0, 0.05) is 24.7 Å². The highest BCUT2D eigenvalue weighted by atomic mass is 32.2. The fourth-order valence-electron chi connectivity index (χ4n) is 3.02. The molecule has 0 aliphatic heterocycles. The molecule has 1 saturated carbocycles. The molecule has 1 amide bonds. The minimum atomic E-state index is -4.49. The number of carbonyl (C=O) groups excluding carboxylic acids is 1. The minimum Gasteiger partial charge on any atom is -0.326 e. The average Bonchev–Trinajstić information content (AvgIpc) is 2.99. The van der Waals surface area contributed by atoms with Crippen molar-refractivity contribution in [2.24, 2.45) is 0 Å². The lowest BCUT2D eigenvalue weighted by Gasteiger charge is -2.26. The van der Waals surface area contributed by atoms with Crippen molar-refractivity contribution in [2.75, 3.05) is 18.1 Å². The van der Waals surface area contributed by atoms with Crippen molar-refractivity contribution in [1.82, 2.24) is 4.31 Å². The van der Waals surface area contributed by atoms with E-state index in [1.807, 2.05) is 0 Å². The molecule has 0 bridgehead atoms. The maximum atomic E-state index is 12.7. The van der Waals surface area contributed by atoms with E-state index < -0.39 is 27.7 Å². The predicted molar refractivity (Wildman–Crippen MR) is 88.5 cm³/mol. The molecule has 5 nitrogen and oxygen atoms in total. The molecule has 9 heteroatoms. The van der Waals surface area contributed by atoms with Gasteiger partial charge in [0.2, 0.25) is 15.9 Å². The molecule has 1 aliphatic carbocycles. The molecule has 1 N–H and O–H groups in total. The van der Waals surface area contributed by atoms with Gasteiger partial charge in [0.25, 0.3) is 0 Å². The fourth-order valence-corrected chi connectivity index (χ4v) is 4.20. The molecule has 1 aliphatic rings.